The highest BCUT2D eigenvalue weighted by Crippen LogP contribution is 2.49. The molecule has 11 nitrogen and oxygen atoms in total. The number of aromatic amines is 1. The van der Waals surface area contributed by atoms with Crippen LogP contribution in [0.4, 0.5) is 5.95 Å². The van der Waals surface area contributed by atoms with Crippen LogP contribution in [-0.4, -0.2) is 49.3 Å². The highest BCUT2D eigenvalue weighted by atomic mass is 31.2. The van der Waals surface area contributed by atoms with Crippen LogP contribution >= 0.6 is 7.82 Å². The van der Waals surface area contributed by atoms with Crippen molar-refractivity contribution in [2.24, 2.45) is 11.8 Å². The zero-order valence-corrected chi connectivity index (χ0v) is 14.4. The van der Waals surface area contributed by atoms with Gasteiger partial charge in [0, 0.05) is 18.6 Å². The molecule has 0 bridgehead atoms. The number of H-pyrrole nitrogens is 1. The molecule has 1 aliphatic carbocycles. The fraction of sp³-hybridized carbons (Fsp3) is 0.615. The molecule has 0 spiro atoms. The second-order valence-electron chi connectivity index (χ2n) is 5.87. The summed E-state index contributed by atoms with van der Waals surface area (Å²) in [5.41, 5.74) is 5.66. The number of aromatic nitrogens is 4. The summed E-state index contributed by atoms with van der Waals surface area (Å²) in [5.74, 6) is -0.383. The number of nitrogens with one attached hydrogen (secondary N) is 1. The van der Waals surface area contributed by atoms with E-state index in [-0.39, 0.29) is 49.2 Å². The number of aliphatic hydroxyl groups excluding tert-OH is 1. The highest BCUT2D eigenvalue weighted by molar-refractivity contribution is 7.47. The zero-order valence-electron chi connectivity index (χ0n) is 13.5. The molecule has 1 aliphatic rings. The first-order chi connectivity index (χ1) is 11.9. The smallest absolute Gasteiger partial charge is 0.396 e. The molecule has 1 fully saturated rings. The maximum Gasteiger partial charge on any atom is 0.472 e. The number of fused-ring (bicyclic) bond motifs is 1. The van der Waals surface area contributed by atoms with E-state index in [4.69, 9.17) is 10.3 Å². The summed E-state index contributed by atoms with van der Waals surface area (Å²) in [7, 11) is -4.07. The molecule has 2 aromatic rings. The van der Waals surface area contributed by atoms with Crippen molar-refractivity contribution in [1.82, 2.24) is 19.5 Å². The van der Waals surface area contributed by atoms with E-state index in [0.717, 1.165) is 0 Å². The van der Waals surface area contributed by atoms with Crippen molar-refractivity contribution < 1.29 is 23.6 Å². The van der Waals surface area contributed by atoms with Gasteiger partial charge in [-0.3, -0.25) is 18.8 Å². The number of imidazole rings is 1. The number of hydrogen-bond donors (Lipinski definition) is 4. The average Bonchev–Trinajstić information content (AvgIpc) is 2.90. The fourth-order valence-electron chi connectivity index (χ4n) is 3.14. The van der Waals surface area contributed by atoms with E-state index in [2.05, 4.69) is 19.5 Å². The Morgan fingerprint density at radius 1 is 1.52 bits per heavy atom. The van der Waals surface area contributed by atoms with Crippen LogP contribution in [0.2, 0.25) is 0 Å². The predicted molar refractivity (Wildman–Crippen MR) is 87.7 cm³/mol. The van der Waals surface area contributed by atoms with E-state index >= 15 is 0 Å². The van der Waals surface area contributed by atoms with Gasteiger partial charge < -0.3 is 20.3 Å². The fourth-order valence-corrected chi connectivity index (χ4v) is 3.92. The van der Waals surface area contributed by atoms with Gasteiger partial charge in [-0.25, -0.2) is 9.55 Å². The Morgan fingerprint density at radius 2 is 2.28 bits per heavy atom. The Balaban J connectivity index is 1.75. The first kappa shape index (κ1) is 18.0. The second kappa shape index (κ2) is 6.85. The number of nitrogens with two attached hydrogens (primary N) is 1. The first-order valence-electron chi connectivity index (χ1n) is 7.81. The van der Waals surface area contributed by atoms with Crippen LogP contribution in [-0.2, 0) is 13.6 Å². The van der Waals surface area contributed by atoms with Gasteiger partial charge in [0.1, 0.15) is 0 Å². The topological polar surface area (TPSA) is 166 Å². The summed E-state index contributed by atoms with van der Waals surface area (Å²) in [6.45, 7) is 1.49. The monoisotopic (exact) mass is 373 g/mol. The van der Waals surface area contributed by atoms with Crippen LogP contribution in [0.5, 0.6) is 0 Å². The van der Waals surface area contributed by atoms with Gasteiger partial charge in [0.15, 0.2) is 11.2 Å². The van der Waals surface area contributed by atoms with Gasteiger partial charge in [0.2, 0.25) is 5.95 Å². The lowest BCUT2D eigenvalue weighted by atomic mass is 9.70. The maximum atomic E-state index is 11.8. The third-order valence-corrected chi connectivity index (χ3v) is 5.47. The molecule has 1 saturated carbocycles. The van der Waals surface area contributed by atoms with Gasteiger partial charge in [0.05, 0.1) is 19.5 Å². The largest absolute Gasteiger partial charge is 0.472 e. The van der Waals surface area contributed by atoms with Gasteiger partial charge in [-0.05, 0) is 19.3 Å². The minimum absolute atomic E-state index is 0.0156. The van der Waals surface area contributed by atoms with Crippen LogP contribution in [0.25, 0.3) is 11.2 Å². The Bertz CT molecular complexity index is 866. The molecule has 0 aromatic carbocycles. The van der Waals surface area contributed by atoms with E-state index in [1.807, 2.05) is 0 Å². The molecule has 3 rings (SSSR count). The lowest BCUT2D eigenvalue weighted by molar-refractivity contribution is -0.00773. The minimum atomic E-state index is -4.07. The summed E-state index contributed by atoms with van der Waals surface area (Å²) >= 11 is 0. The molecule has 4 atom stereocenters. The van der Waals surface area contributed by atoms with Crippen molar-refractivity contribution in [2.75, 3.05) is 25.6 Å². The third-order valence-electron chi connectivity index (χ3n) is 4.41. The molecular formula is C13H20N5O6P. The number of rotatable bonds is 7. The number of nitrogens with zero attached hydrogens (tertiary/aromatic N) is 3. The summed E-state index contributed by atoms with van der Waals surface area (Å²) < 4.78 is 22.9. The molecule has 2 aromatic heterocycles. The Kier molecular flexibility index (Phi) is 4.94. The van der Waals surface area contributed by atoms with Gasteiger partial charge in [-0.2, -0.15) is 4.98 Å². The zero-order chi connectivity index (χ0) is 18.2. The number of phosphoric acid groups is 1. The van der Waals surface area contributed by atoms with E-state index < -0.39 is 13.4 Å². The van der Waals surface area contributed by atoms with E-state index in [1.165, 1.54) is 6.33 Å². The van der Waals surface area contributed by atoms with Crippen molar-refractivity contribution in [2.45, 2.75) is 19.4 Å². The molecule has 12 heteroatoms. The van der Waals surface area contributed by atoms with Crippen molar-refractivity contribution in [3.05, 3.63) is 16.7 Å². The Labute approximate surface area is 142 Å². The molecule has 25 heavy (non-hydrogen) atoms. The second-order valence-corrected chi connectivity index (χ2v) is 7.32. The van der Waals surface area contributed by atoms with Crippen LogP contribution in [0, 0.1) is 11.8 Å². The van der Waals surface area contributed by atoms with Gasteiger partial charge in [-0.15, -0.1) is 0 Å². The van der Waals surface area contributed by atoms with Crippen molar-refractivity contribution in [3.63, 3.8) is 0 Å². The third kappa shape index (κ3) is 3.46. The summed E-state index contributed by atoms with van der Waals surface area (Å²) in [5, 5.41) is 9.67. The van der Waals surface area contributed by atoms with Gasteiger partial charge >= 0.3 is 7.82 Å². The Hall–Kier alpha value is -1.78. The van der Waals surface area contributed by atoms with Crippen molar-refractivity contribution >= 4 is 24.9 Å². The van der Waals surface area contributed by atoms with Crippen molar-refractivity contribution in [3.8, 4) is 0 Å². The SMILES string of the molecule is CCOP(=O)(O)OC[C@H]1C[C@@H](n2cnc3c(=O)[nH]c(N)nc32)[C@H]1CO. The number of aliphatic hydroxyl groups is 1. The van der Waals surface area contributed by atoms with E-state index in [0.29, 0.717) is 12.1 Å². The van der Waals surface area contributed by atoms with Gasteiger partial charge in [-0.1, -0.05) is 0 Å². The quantitative estimate of drug-likeness (QED) is 0.489. The minimum Gasteiger partial charge on any atom is -0.396 e. The first-order valence-corrected chi connectivity index (χ1v) is 9.31. The average molecular weight is 373 g/mol. The molecule has 2 heterocycles. The number of hydrogen-bond acceptors (Lipinski definition) is 8. The molecule has 0 aliphatic heterocycles. The number of nitrogen functional groups attached to an aromatic ring is 1. The summed E-state index contributed by atoms with van der Waals surface area (Å²) in [6, 6.07) is -0.164. The van der Waals surface area contributed by atoms with E-state index in [9.17, 15) is 19.4 Å². The molecule has 0 radical (unpaired) electrons. The van der Waals surface area contributed by atoms with Crippen LogP contribution in [0.3, 0.4) is 0 Å². The molecule has 1 unspecified atom stereocenters. The normalized spacial score (nSPS) is 25.6. The highest BCUT2D eigenvalue weighted by Gasteiger charge is 2.43. The number of phosphoric ester groups is 1. The maximum absolute atomic E-state index is 11.8. The standard InChI is InChI=1S/C13H20N5O6P/c1-2-23-25(21,22)24-5-7-3-9(8(7)4-19)18-6-15-10-11(18)16-13(14)17-12(10)20/h6-9,19H,2-5H2,1H3,(H,21,22)(H3,14,16,17,20)/t7-,8+,9-/m1/s1. The lowest BCUT2D eigenvalue weighted by Gasteiger charge is -2.44. The van der Waals surface area contributed by atoms with Crippen LogP contribution in [0.1, 0.15) is 19.4 Å². The Morgan fingerprint density at radius 3 is 2.96 bits per heavy atom. The lowest BCUT2D eigenvalue weighted by Crippen LogP contribution is -2.42. The molecule has 5 N–H and O–H groups in total. The van der Waals surface area contributed by atoms with Crippen LogP contribution in [0.15, 0.2) is 11.1 Å². The van der Waals surface area contributed by atoms with Crippen molar-refractivity contribution in [1.29, 1.82) is 0 Å². The van der Waals surface area contributed by atoms with Crippen LogP contribution < -0.4 is 11.3 Å². The molecule has 0 saturated heterocycles. The molecule has 0 amide bonds. The summed E-state index contributed by atoms with van der Waals surface area (Å²) in [6.07, 6.45) is 2.05. The molecular weight excluding hydrogens is 353 g/mol. The predicted octanol–water partition coefficient (Wildman–Crippen LogP) is 0.0248. The number of anilines is 1. The summed E-state index contributed by atoms with van der Waals surface area (Å²) in [4.78, 5) is 31.8. The van der Waals surface area contributed by atoms with E-state index in [1.54, 1.807) is 11.5 Å². The molecule has 138 valence electrons. The van der Waals surface area contributed by atoms with Gasteiger partial charge in [0.25, 0.3) is 5.56 Å².